The van der Waals surface area contributed by atoms with Crippen LogP contribution in [0.2, 0.25) is 10.0 Å². The van der Waals surface area contributed by atoms with Crippen molar-refractivity contribution in [1.82, 2.24) is 0 Å². The zero-order valence-electron chi connectivity index (χ0n) is 10.6. The first kappa shape index (κ1) is 18.0. The van der Waals surface area contributed by atoms with E-state index in [9.17, 15) is 5.11 Å². The fourth-order valence-corrected chi connectivity index (χ4v) is 2.10. The van der Waals surface area contributed by atoms with Crippen molar-refractivity contribution in [3.8, 4) is 0 Å². The molecular formula is C13H20Cl3NO. The van der Waals surface area contributed by atoms with Crippen molar-refractivity contribution in [1.29, 1.82) is 0 Å². The highest BCUT2D eigenvalue weighted by Gasteiger charge is 2.20. The summed E-state index contributed by atoms with van der Waals surface area (Å²) in [5.74, 6) is 0.548. The first-order valence-corrected chi connectivity index (χ1v) is 6.56. The third kappa shape index (κ3) is 4.94. The summed E-state index contributed by atoms with van der Waals surface area (Å²) in [6, 6.07) is 4.82. The summed E-state index contributed by atoms with van der Waals surface area (Å²) in [5, 5.41) is 10.9. The molecule has 0 amide bonds. The van der Waals surface area contributed by atoms with E-state index in [4.69, 9.17) is 28.9 Å². The number of nitrogens with two attached hydrogens (primary N) is 1. The van der Waals surface area contributed by atoms with Gasteiger partial charge in [-0.05, 0) is 30.4 Å². The summed E-state index contributed by atoms with van der Waals surface area (Å²) < 4.78 is 0. The second kappa shape index (κ2) is 8.23. The summed E-state index contributed by atoms with van der Waals surface area (Å²) in [5.41, 5.74) is 6.71. The van der Waals surface area contributed by atoms with E-state index in [1.54, 1.807) is 18.2 Å². The summed E-state index contributed by atoms with van der Waals surface area (Å²) >= 11 is 12.0. The average molecular weight is 313 g/mol. The molecule has 1 aromatic carbocycles. The van der Waals surface area contributed by atoms with Crippen molar-refractivity contribution >= 4 is 35.6 Å². The van der Waals surface area contributed by atoms with Crippen molar-refractivity contribution in [2.24, 2.45) is 11.7 Å². The van der Waals surface area contributed by atoms with Gasteiger partial charge in [0.15, 0.2) is 0 Å². The van der Waals surface area contributed by atoms with Crippen LogP contribution in [-0.4, -0.2) is 11.2 Å². The summed E-state index contributed by atoms with van der Waals surface area (Å²) in [6.45, 7) is 4.23. The van der Waals surface area contributed by atoms with Crippen LogP contribution in [0.3, 0.4) is 0 Å². The number of hydrogen-bond acceptors (Lipinski definition) is 2. The Morgan fingerprint density at radius 1 is 1.22 bits per heavy atom. The molecule has 0 saturated carbocycles. The SMILES string of the molecule is CC(C)CC[C@@H](O)[C@@H](N)c1cccc(Cl)c1Cl.Cl. The van der Waals surface area contributed by atoms with Gasteiger partial charge in [0, 0.05) is 0 Å². The van der Waals surface area contributed by atoms with Gasteiger partial charge in [0.2, 0.25) is 0 Å². The number of aliphatic hydroxyl groups excluding tert-OH is 1. The van der Waals surface area contributed by atoms with Crippen LogP contribution < -0.4 is 5.73 Å². The molecule has 2 atom stereocenters. The van der Waals surface area contributed by atoms with Gasteiger partial charge in [0.1, 0.15) is 0 Å². The van der Waals surface area contributed by atoms with Crippen molar-refractivity contribution in [2.45, 2.75) is 38.8 Å². The van der Waals surface area contributed by atoms with Crippen LogP contribution in [0.1, 0.15) is 38.3 Å². The minimum absolute atomic E-state index is 0. The molecule has 2 nitrogen and oxygen atoms in total. The van der Waals surface area contributed by atoms with Gasteiger partial charge < -0.3 is 10.8 Å². The van der Waals surface area contributed by atoms with E-state index in [0.717, 1.165) is 6.42 Å². The molecule has 1 aromatic rings. The number of aliphatic hydroxyl groups is 1. The molecule has 0 aliphatic rings. The molecule has 1 rings (SSSR count). The van der Waals surface area contributed by atoms with Crippen LogP contribution in [0.15, 0.2) is 18.2 Å². The molecule has 0 bridgehead atoms. The van der Waals surface area contributed by atoms with E-state index in [0.29, 0.717) is 27.9 Å². The molecule has 0 heterocycles. The van der Waals surface area contributed by atoms with Gasteiger partial charge in [-0.15, -0.1) is 12.4 Å². The Morgan fingerprint density at radius 2 is 1.83 bits per heavy atom. The molecule has 0 spiro atoms. The Kier molecular flexibility index (Phi) is 8.24. The molecule has 0 radical (unpaired) electrons. The molecule has 0 aromatic heterocycles. The van der Waals surface area contributed by atoms with Gasteiger partial charge >= 0.3 is 0 Å². The smallest absolute Gasteiger partial charge is 0.0733 e. The second-order valence-electron chi connectivity index (χ2n) is 4.71. The lowest BCUT2D eigenvalue weighted by atomic mass is 9.96. The van der Waals surface area contributed by atoms with Crippen molar-refractivity contribution in [3.05, 3.63) is 33.8 Å². The third-order valence-corrected chi connectivity index (χ3v) is 3.63. The molecule has 104 valence electrons. The first-order valence-electron chi connectivity index (χ1n) is 5.81. The highest BCUT2D eigenvalue weighted by molar-refractivity contribution is 6.42. The molecule has 18 heavy (non-hydrogen) atoms. The van der Waals surface area contributed by atoms with E-state index < -0.39 is 12.1 Å². The van der Waals surface area contributed by atoms with Crippen LogP contribution in [0.5, 0.6) is 0 Å². The number of halogens is 3. The van der Waals surface area contributed by atoms with E-state index in [2.05, 4.69) is 13.8 Å². The van der Waals surface area contributed by atoms with Crippen LogP contribution >= 0.6 is 35.6 Å². The van der Waals surface area contributed by atoms with Crippen molar-refractivity contribution < 1.29 is 5.11 Å². The fourth-order valence-electron chi connectivity index (χ4n) is 1.67. The summed E-state index contributed by atoms with van der Waals surface area (Å²) in [7, 11) is 0. The Labute approximate surface area is 125 Å². The lowest BCUT2D eigenvalue weighted by molar-refractivity contribution is 0.128. The molecule has 0 unspecified atom stereocenters. The highest BCUT2D eigenvalue weighted by atomic mass is 35.5. The Hall–Kier alpha value is 0.01000. The molecular weight excluding hydrogens is 293 g/mol. The normalized spacial score (nSPS) is 14.2. The largest absolute Gasteiger partial charge is 0.391 e. The Balaban J connectivity index is 0.00000289. The fraction of sp³-hybridized carbons (Fsp3) is 0.538. The first-order chi connectivity index (χ1) is 7.93. The standard InChI is InChI=1S/C13H19Cl2NO.ClH/c1-8(2)6-7-11(17)13(16)9-4-3-5-10(14)12(9)15;/h3-5,8,11,13,17H,6-7,16H2,1-2H3;1H/t11-,13+;/m1./s1. The lowest BCUT2D eigenvalue weighted by Gasteiger charge is -2.21. The molecule has 5 heteroatoms. The molecule has 0 aliphatic carbocycles. The maximum atomic E-state index is 10.0. The molecule has 0 fully saturated rings. The predicted octanol–water partition coefficient (Wildman–Crippen LogP) is 4.21. The summed E-state index contributed by atoms with van der Waals surface area (Å²) in [4.78, 5) is 0. The zero-order valence-corrected chi connectivity index (χ0v) is 12.9. The van der Waals surface area contributed by atoms with Crippen LogP contribution in [-0.2, 0) is 0 Å². The lowest BCUT2D eigenvalue weighted by Crippen LogP contribution is -2.26. The third-order valence-electron chi connectivity index (χ3n) is 2.79. The van der Waals surface area contributed by atoms with Gasteiger partial charge in [0.05, 0.1) is 22.2 Å². The van der Waals surface area contributed by atoms with E-state index in [1.807, 2.05) is 0 Å². The second-order valence-corrected chi connectivity index (χ2v) is 5.49. The maximum Gasteiger partial charge on any atom is 0.0733 e. The van der Waals surface area contributed by atoms with Crippen LogP contribution in [0.25, 0.3) is 0 Å². The minimum atomic E-state index is -0.589. The predicted molar refractivity (Wildman–Crippen MR) is 80.7 cm³/mol. The number of hydrogen-bond donors (Lipinski definition) is 2. The monoisotopic (exact) mass is 311 g/mol. The Bertz CT molecular complexity index is 371. The summed E-state index contributed by atoms with van der Waals surface area (Å²) in [6.07, 6.45) is 1.02. The van der Waals surface area contributed by atoms with Crippen LogP contribution in [0.4, 0.5) is 0 Å². The quantitative estimate of drug-likeness (QED) is 0.855. The number of rotatable bonds is 5. The van der Waals surface area contributed by atoms with E-state index >= 15 is 0 Å². The molecule has 3 N–H and O–H groups in total. The van der Waals surface area contributed by atoms with Gasteiger partial charge in [-0.1, -0.05) is 49.2 Å². The van der Waals surface area contributed by atoms with Gasteiger partial charge in [-0.3, -0.25) is 0 Å². The molecule has 0 aliphatic heterocycles. The topological polar surface area (TPSA) is 46.2 Å². The Morgan fingerprint density at radius 3 is 2.39 bits per heavy atom. The van der Waals surface area contributed by atoms with Gasteiger partial charge in [-0.25, -0.2) is 0 Å². The molecule has 0 saturated heterocycles. The van der Waals surface area contributed by atoms with Gasteiger partial charge in [0.25, 0.3) is 0 Å². The van der Waals surface area contributed by atoms with E-state index in [-0.39, 0.29) is 12.4 Å². The van der Waals surface area contributed by atoms with Crippen molar-refractivity contribution in [2.75, 3.05) is 0 Å². The van der Waals surface area contributed by atoms with Crippen molar-refractivity contribution in [3.63, 3.8) is 0 Å². The zero-order chi connectivity index (χ0) is 13.0. The minimum Gasteiger partial charge on any atom is -0.391 e. The average Bonchev–Trinajstić information content (AvgIpc) is 2.28. The van der Waals surface area contributed by atoms with Gasteiger partial charge in [-0.2, -0.15) is 0 Å². The maximum absolute atomic E-state index is 10.0. The van der Waals surface area contributed by atoms with E-state index in [1.165, 1.54) is 0 Å². The van der Waals surface area contributed by atoms with Crippen LogP contribution in [0, 0.1) is 5.92 Å². The highest BCUT2D eigenvalue weighted by Crippen LogP contribution is 2.31. The number of benzene rings is 1.